The van der Waals surface area contributed by atoms with E-state index in [-0.39, 0.29) is 6.42 Å². The van der Waals surface area contributed by atoms with E-state index in [0.717, 1.165) is 25.6 Å². The average Bonchev–Trinajstić information content (AvgIpc) is 2.97. The molecule has 0 aromatic carbocycles. The minimum Gasteiger partial charge on any atom is -0.481 e. The fraction of sp³-hybridized carbons (Fsp3) is 0.154. The molecule has 3 rings (SSSR count). The van der Waals surface area contributed by atoms with E-state index in [4.69, 9.17) is 5.11 Å². The number of rotatable bonds is 4. The fourth-order valence-corrected chi connectivity index (χ4v) is 4.11. The number of imidazole rings is 1. The molecular formula is C13H11N3O2S2. The number of nitrogens with zero attached hydrogens (tertiary/aromatic N) is 3. The maximum Gasteiger partial charge on any atom is 0.308 e. The Morgan fingerprint density at radius 1 is 1.50 bits per heavy atom. The Kier molecular flexibility index (Phi) is 3.45. The van der Waals surface area contributed by atoms with Crippen LogP contribution in [-0.2, 0) is 11.2 Å². The largest absolute Gasteiger partial charge is 0.481 e. The van der Waals surface area contributed by atoms with Gasteiger partial charge < -0.3 is 5.11 Å². The van der Waals surface area contributed by atoms with Crippen LogP contribution in [0, 0.1) is 6.92 Å². The molecule has 0 saturated carbocycles. The maximum atomic E-state index is 10.8. The van der Waals surface area contributed by atoms with E-state index >= 15 is 0 Å². The van der Waals surface area contributed by atoms with Crippen molar-refractivity contribution < 1.29 is 9.90 Å². The molecule has 1 N–H and O–H groups in total. The van der Waals surface area contributed by atoms with Gasteiger partial charge >= 0.3 is 5.97 Å². The molecule has 0 bridgehead atoms. The van der Waals surface area contributed by atoms with Crippen molar-refractivity contribution in [2.45, 2.75) is 22.7 Å². The summed E-state index contributed by atoms with van der Waals surface area (Å²) in [5, 5.41) is 9.87. The number of fused-ring (bicyclic) bond motifs is 1. The van der Waals surface area contributed by atoms with Crippen LogP contribution in [0.25, 0.3) is 5.65 Å². The highest BCUT2D eigenvalue weighted by molar-refractivity contribution is 8.01. The number of hydrogen-bond donors (Lipinski definition) is 1. The summed E-state index contributed by atoms with van der Waals surface area (Å²) in [7, 11) is 0. The zero-order chi connectivity index (χ0) is 14.1. The Balaban J connectivity index is 1.91. The molecule has 20 heavy (non-hydrogen) atoms. The van der Waals surface area contributed by atoms with Crippen molar-refractivity contribution in [1.29, 1.82) is 0 Å². The van der Waals surface area contributed by atoms with Gasteiger partial charge in [-0.2, -0.15) is 0 Å². The lowest BCUT2D eigenvalue weighted by Gasteiger charge is -2.01. The van der Waals surface area contributed by atoms with Crippen molar-refractivity contribution in [2.24, 2.45) is 0 Å². The molecule has 102 valence electrons. The molecule has 0 radical (unpaired) electrons. The van der Waals surface area contributed by atoms with E-state index in [1.165, 1.54) is 23.1 Å². The molecule has 0 aliphatic rings. The molecule has 3 aromatic rings. The van der Waals surface area contributed by atoms with E-state index in [9.17, 15) is 4.79 Å². The van der Waals surface area contributed by atoms with Crippen LogP contribution in [0.3, 0.4) is 0 Å². The molecule has 0 atom stereocenters. The van der Waals surface area contributed by atoms with Gasteiger partial charge in [0.2, 0.25) is 0 Å². The van der Waals surface area contributed by atoms with Gasteiger partial charge in [0, 0.05) is 17.3 Å². The molecule has 0 aliphatic heterocycles. The van der Waals surface area contributed by atoms with Gasteiger partial charge in [-0.05, 0) is 30.8 Å². The number of carboxylic acid groups (broad SMARTS) is 1. The highest BCUT2D eigenvalue weighted by Crippen LogP contribution is 2.33. The second-order valence-electron chi connectivity index (χ2n) is 4.18. The highest BCUT2D eigenvalue weighted by Gasteiger charge is 2.13. The van der Waals surface area contributed by atoms with Crippen molar-refractivity contribution in [2.75, 3.05) is 0 Å². The lowest BCUT2D eigenvalue weighted by Crippen LogP contribution is -1.99. The zero-order valence-corrected chi connectivity index (χ0v) is 12.2. The van der Waals surface area contributed by atoms with Gasteiger partial charge in [-0.25, -0.2) is 9.97 Å². The van der Waals surface area contributed by atoms with Crippen LogP contribution in [0.15, 0.2) is 40.0 Å². The average molecular weight is 305 g/mol. The van der Waals surface area contributed by atoms with Gasteiger partial charge in [-0.1, -0.05) is 6.07 Å². The summed E-state index contributed by atoms with van der Waals surface area (Å²) >= 11 is 2.95. The zero-order valence-electron chi connectivity index (χ0n) is 10.6. The van der Waals surface area contributed by atoms with Crippen LogP contribution >= 0.6 is 23.1 Å². The predicted octanol–water partition coefficient (Wildman–Crippen LogP) is 2.88. The van der Waals surface area contributed by atoms with E-state index in [1.54, 1.807) is 6.20 Å². The monoisotopic (exact) mass is 305 g/mol. The number of carboxylic acids is 1. The molecule has 5 nitrogen and oxygen atoms in total. The lowest BCUT2D eigenvalue weighted by molar-refractivity contribution is -0.136. The molecule has 7 heteroatoms. The van der Waals surface area contributed by atoms with Crippen molar-refractivity contribution in [3.8, 4) is 0 Å². The Morgan fingerprint density at radius 3 is 3.15 bits per heavy atom. The van der Waals surface area contributed by atoms with Gasteiger partial charge in [0.05, 0.1) is 17.1 Å². The number of aliphatic carboxylic acids is 1. The Morgan fingerprint density at radius 2 is 2.35 bits per heavy atom. The first-order valence-electron chi connectivity index (χ1n) is 5.91. The van der Waals surface area contributed by atoms with Crippen molar-refractivity contribution >= 4 is 34.7 Å². The van der Waals surface area contributed by atoms with Crippen LogP contribution < -0.4 is 0 Å². The predicted molar refractivity (Wildman–Crippen MR) is 77.5 cm³/mol. The summed E-state index contributed by atoms with van der Waals surface area (Å²) in [5.41, 5.74) is 1.67. The van der Waals surface area contributed by atoms with Crippen LogP contribution in [0.4, 0.5) is 0 Å². The lowest BCUT2D eigenvalue weighted by atomic mass is 10.3. The minimum atomic E-state index is -0.829. The third-order valence-corrected chi connectivity index (χ3v) is 5.03. The highest BCUT2D eigenvalue weighted by atomic mass is 32.2. The van der Waals surface area contributed by atoms with Gasteiger partial charge in [0.15, 0.2) is 4.34 Å². The van der Waals surface area contributed by atoms with Gasteiger partial charge in [-0.3, -0.25) is 9.20 Å². The smallest absolute Gasteiger partial charge is 0.308 e. The first kappa shape index (κ1) is 13.1. The van der Waals surface area contributed by atoms with Gasteiger partial charge in [0.1, 0.15) is 5.65 Å². The molecule has 3 heterocycles. The summed E-state index contributed by atoms with van der Waals surface area (Å²) in [6, 6.07) is 5.88. The van der Waals surface area contributed by atoms with Crippen molar-refractivity contribution in [3.05, 3.63) is 41.2 Å². The molecule has 0 aliphatic carbocycles. The summed E-state index contributed by atoms with van der Waals surface area (Å²) in [6.07, 6.45) is 3.68. The van der Waals surface area contributed by atoms with Crippen LogP contribution in [0.1, 0.15) is 10.6 Å². The summed E-state index contributed by atoms with van der Waals surface area (Å²) in [5.74, 6) is -0.829. The van der Waals surface area contributed by atoms with E-state index in [2.05, 4.69) is 9.97 Å². The first-order chi connectivity index (χ1) is 9.63. The molecule has 0 spiro atoms. The second-order valence-corrected chi connectivity index (χ2v) is 6.53. The normalized spacial score (nSPS) is 11.1. The number of aryl methyl sites for hydroxylation is 1. The van der Waals surface area contributed by atoms with Crippen LogP contribution in [-0.4, -0.2) is 25.4 Å². The number of carbonyl (C=O) groups is 1. The molecule has 0 fully saturated rings. The summed E-state index contributed by atoms with van der Waals surface area (Å²) in [4.78, 5) is 20.3. The first-order valence-corrected chi connectivity index (χ1v) is 7.55. The fourth-order valence-electron chi connectivity index (χ4n) is 1.84. The second kappa shape index (κ2) is 5.26. The third-order valence-electron chi connectivity index (χ3n) is 2.77. The number of aromatic nitrogens is 3. The number of thiazole rings is 1. The summed E-state index contributed by atoms with van der Waals surface area (Å²) in [6.45, 7) is 1.84. The van der Waals surface area contributed by atoms with E-state index in [1.807, 2.05) is 35.7 Å². The Bertz CT molecular complexity index is 779. The van der Waals surface area contributed by atoms with Crippen LogP contribution in [0.5, 0.6) is 0 Å². The van der Waals surface area contributed by atoms with Crippen molar-refractivity contribution in [1.82, 2.24) is 14.4 Å². The third kappa shape index (κ3) is 2.54. The SMILES string of the molecule is Cc1nc(Sc2cccc3nccn23)sc1CC(=O)O. The van der Waals surface area contributed by atoms with Crippen LogP contribution in [0.2, 0.25) is 0 Å². The molecule has 0 amide bonds. The number of hydrogen-bond acceptors (Lipinski definition) is 5. The Hall–Kier alpha value is -1.86. The Labute approximate surface area is 123 Å². The summed E-state index contributed by atoms with van der Waals surface area (Å²) < 4.78 is 2.83. The van der Waals surface area contributed by atoms with Gasteiger partial charge in [0.25, 0.3) is 0 Å². The molecule has 0 unspecified atom stereocenters. The van der Waals surface area contributed by atoms with E-state index in [0.29, 0.717) is 0 Å². The number of pyridine rings is 1. The quantitative estimate of drug-likeness (QED) is 0.802. The maximum absolute atomic E-state index is 10.8. The van der Waals surface area contributed by atoms with Crippen molar-refractivity contribution in [3.63, 3.8) is 0 Å². The standard InChI is InChI=1S/C13H11N3O2S2/c1-8-9(7-12(17)18)19-13(15-8)20-11-4-2-3-10-14-5-6-16(10)11/h2-6H,7H2,1H3,(H,17,18). The van der Waals surface area contributed by atoms with Gasteiger partial charge in [-0.15, -0.1) is 11.3 Å². The minimum absolute atomic E-state index is 0.0271. The topological polar surface area (TPSA) is 67.5 Å². The molecule has 3 aromatic heterocycles. The van der Waals surface area contributed by atoms with E-state index < -0.39 is 5.97 Å². The molecular weight excluding hydrogens is 294 g/mol. The molecule has 0 saturated heterocycles.